The van der Waals surface area contributed by atoms with Gasteiger partial charge in [0.05, 0.1) is 12.8 Å². The molecule has 0 saturated heterocycles. The smallest absolute Gasteiger partial charge is 0.219 e. The van der Waals surface area contributed by atoms with E-state index in [0.29, 0.717) is 19.0 Å². The first-order valence-electron chi connectivity index (χ1n) is 9.09. The van der Waals surface area contributed by atoms with Crippen LogP contribution in [-0.2, 0) is 17.8 Å². The van der Waals surface area contributed by atoms with Crippen molar-refractivity contribution in [3.63, 3.8) is 0 Å². The van der Waals surface area contributed by atoms with Gasteiger partial charge in [0.2, 0.25) is 5.91 Å². The van der Waals surface area contributed by atoms with Crippen molar-refractivity contribution in [2.45, 2.75) is 32.2 Å². The zero-order valence-electron chi connectivity index (χ0n) is 15.2. The molecule has 0 spiro atoms. The molecule has 134 valence electrons. The first kappa shape index (κ1) is 18.0. The zero-order chi connectivity index (χ0) is 18.2. The number of benzene rings is 2. The number of amides is 1. The van der Waals surface area contributed by atoms with Gasteiger partial charge >= 0.3 is 0 Å². The van der Waals surface area contributed by atoms with Crippen LogP contribution in [0.1, 0.15) is 36.1 Å². The second-order valence-electron chi connectivity index (χ2n) is 6.61. The monoisotopic (exact) mass is 347 g/mol. The molecule has 1 amide bonds. The van der Waals surface area contributed by atoms with Gasteiger partial charge in [-0.05, 0) is 42.0 Å². The standard InChI is InChI=1S/C23H25NO2/c1-19(25)24(18-23-13-8-16-26-23)15-14-22(21-11-6-3-7-12-21)17-20-9-4-2-5-10-20/h2-13,16,22H,14-15,17-18H2,1H3/t22-/m0/s1. The van der Waals surface area contributed by atoms with E-state index in [1.807, 2.05) is 29.2 Å². The fourth-order valence-corrected chi connectivity index (χ4v) is 3.26. The summed E-state index contributed by atoms with van der Waals surface area (Å²) in [6.07, 6.45) is 3.53. The van der Waals surface area contributed by atoms with Gasteiger partial charge in [-0.25, -0.2) is 0 Å². The molecular weight excluding hydrogens is 322 g/mol. The largest absolute Gasteiger partial charge is 0.467 e. The molecule has 1 atom stereocenters. The minimum atomic E-state index is 0.0768. The van der Waals surface area contributed by atoms with E-state index >= 15 is 0 Å². The lowest BCUT2D eigenvalue weighted by Gasteiger charge is -2.24. The van der Waals surface area contributed by atoms with Crippen LogP contribution in [0, 0.1) is 0 Å². The van der Waals surface area contributed by atoms with Crippen molar-refractivity contribution in [1.82, 2.24) is 4.90 Å². The molecule has 2 aromatic carbocycles. The number of hydrogen-bond acceptors (Lipinski definition) is 2. The van der Waals surface area contributed by atoms with Gasteiger partial charge in [-0.1, -0.05) is 60.7 Å². The normalized spacial score (nSPS) is 11.9. The van der Waals surface area contributed by atoms with Gasteiger partial charge < -0.3 is 9.32 Å². The number of carbonyl (C=O) groups excluding carboxylic acids is 1. The number of hydrogen-bond donors (Lipinski definition) is 0. The lowest BCUT2D eigenvalue weighted by atomic mass is 9.89. The molecule has 0 aliphatic rings. The molecule has 0 radical (unpaired) electrons. The molecule has 3 aromatic rings. The van der Waals surface area contributed by atoms with E-state index in [-0.39, 0.29) is 5.91 Å². The van der Waals surface area contributed by atoms with Crippen LogP contribution in [0.15, 0.2) is 83.5 Å². The summed E-state index contributed by atoms with van der Waals surface area (Å²) in [5, 5.41) is 0. The Kier molecular flexibility index (Phi) is 6.26. The molecule has 0 unspecified atom stereocenters. The maximum Gasteiger partial charge on any atom is 0.219 e. The van der Waals surface area contributed by atoms with Crippen molar-refractivity contribution in [3.05, 3.63) is 95.9 Å². The van der Waals surface area contributed by atoms with E-state index in [1.165, 1.54) is 11.1 Å². The summed E-state index contributed by atoms with van der Waals surface area (Å²) in [6.45, 7) is 2.86. The number of nitrogens with zero attached hydrogens (tertiary/aromatic N) is 1. The van der Waals surface area contributed by atoms with Crippen molar-refractivity contribution in [1.29, 1.82) is 0 Å². The third kappa shape index (κ3) is 5.09. The third-order valence-corrected chi connectivity index (χ3v) is 4.72. The van der Waals surface area contributed by atoms with E-state index < -0.39 is 0 Å². The van der Waals surface area contributed by atoms with Crippen LogP contribution in [0.5, 0.6) is 0 Å². The van der Waals surface area contributed by atoms with E-state index in [4.69, 9.17) is 4.42 Å². The first-order valence-corrected chi connectivity index (χ1v) is 9.09. The molecule has 0 fully saturated rings. The fourth-order valence-electron chi connectivity index (χ4n) is 3.26. The summed E-state index contributed by atoms with van der Waals surface area (Å²) >= 11 is 0. The lowest BCUT2D eigenvalue weighted by Crippen LogP contribution is -2.30. The second kappa shape index (κ2) is 9.04. The second-order valence-corrected chi connectivity index (χ2v) is 6.61. The van der Waals surface area contributed by atoms with Crippen LogP contribution in [0.25, 0.3) is 0 Å². The van der Waals surface area contributed by atoms with Gasteiger partial charge in [-0.15, -0.1) is 0 Å². The summed E-state index contributed by atoms with van der Waals surface area (Å²) in [4.78, 5) is 13.9. The Morgan fingerprint density at radius 1 is 0.962 bits per heavy atom. The zero-order valence-corrected chi connectivity index (χ0v) is 15.2. The molecule has 1 heterocycles. The minimum Gasteiger partial charge on any atom is -0.467 e. The Morgan fingerprint density at radius 3 is 2.27 bits per heavy atom. The van der Waals surface area contributed by atoms with Crippen LogP contribution >= 0.6 is 0 Å². The van der Waals surface area contributed by atoms with Gasteiger partial charge in [0.25, 0.3) is 0 Å². The Morgan fingerprint density at radius 2 is 1.65 bits per heavy atom. The molecule has 0 aliphatic heterocycles. The summed E-state index contributed by atoms with van der Waals surface area (Å²) in [5.41, 5.74) is 2.64. The quantitative estimate of drug-likeness (QED) is 0.572. The molecule has 0 saturated carbocycles. The first-order chi connectivity index (χ1) is 12.7. The SMILES string of the molecule is CC(=O)N(CC[C@@H](Cc1ccccc1)c1ccccc1)Cc1ccco1. The number of rotatable bonds is 8. The Bertz CT molecular complexity index is 782. The van der Waals surface area contributed by atoms with E-state index in [1.54, 1.807) is 13.2 Å². The van der Waals surface area contributed by atoms with Crippen molar-refractivity contribution < 1.29 is 9.21 Å². The van der Waals surface area contributed by atoms with E-state index in [0.717, 1.165) is 18.6 Å². The highest BCUT2D eigenvalue weighted by atomic mass is 16.3. The third-order valence-electron chi connectivity index (χ3n) is 4.72. The van der Waals surface area contributed by atoms with Crippen LogP contribution in [-0.4, -0.2) is 17.4 Å². The predicted octanol–water partition coefficient (Wildman–Crippen LogP) is 5.04. The highest BCUT2D eigenvalue weighted by Crippen LogP contribution is 2.25. The molecule has 3 rings (SSSR count). The molecular formula is C23H25NO2. The minimum absolute atomic E-state index is 0.0768. The van der Waals surface area contributed by atoms with Gasteiger partial charge in [-0.3, -0.25) is 4.79 Å². The Balaban J connectivity index is 1.71. The molecule has 3 nitrogen and oxygen atoms in total. The number of furan rings is 1. The Labute approximate surface area is 155 Å². The van der Waals surface area contributed by atoms with Gasteiger partial charge in [-0.2, -0.15) is 0 Å². The van der Waals surface area contributed by atoms with Crippen molar-refractivity contribution in [2.24, 2.45) is 0 Å². The molecule has 0 bridgehead atoms. The van der Waals surface area contributed by atoms with Gasteiger partial charge in [0, 0.05) is 13.5 Å². The average molecular weight is 347 g/mol. The summed E-state index contributed by atoms with van der Waals surface area (Å²) in [5.74, 6) is 1.27. The topological polar surface area (TPSA) is 33.5 Å². The summed E-state index contributed by atoms with van der Waals surface area (Å²) in [7, 11) is 0. The Hall–Kier alpha value is -2.81. The molecule has 0 N–H and O–H groups in total. The maximum atomic E-state index is 12.1. The van der Waals surface area contributed by atoms with Crippen LogP contribution in [0.4, 0.5) is 0 Å². The summed E-state index contributed by atoms with van der Waals surface area (Å²) in [6, 6.07) is 24.9. The van der Waals surface area contributed by atoms with Gasteiger partial charge in [0.15, 0.2) is 0 Å². The van der Waals surface area contributed by atoms with Crippen LogP contribution < -0.4 is 0 Å². The van der Waals surface area contributed by atoms with Crippen molar-refractivity contribution >= 4 is 5.91 Å². The molecule has 1 aromatic heterocycles. The van der Waals surface area contributed by atoms with Crippen LogP contribution in [0.3, 0.4) is 0 Å². The average Bonchev–Trinajstić information content (AvgIpc) is 3.18. The van der Waals surface area contributed by atoms with Crippen LogP contribution in [0.2, 0.25) is 0 Å². The number of carbonyl (C=O) groups is 1. The molecule has 26 heavy (non-hydrogen) atoms. The lowest BCUT2D eigenvalue weighted by molar-refractivity contribution is -0.129. The van der Waals surface area contributed by atoms with Gasteiger partial charge in [0.1, 0.15) is 5.76 Å². The summed E-state index contributed by atoms with van der Waals surface area (Å²) < 4.78 is 5.41. The highest BCUT2D eigenvalue weighted by molar-refractivity contribution is 5.73. The fraction of sp³-hybridized carbons (Fsp3) is 0.261. The molecule has 3 heteroatoms. The predicted molar refractivity (Wildman–Crippen MR) is 104 cm³/mol. The van der Waals surface area contributed by atoms with Crippen molar-refractivity contribution in [2.75, 3.05) is 6.54 Å². The van der Waals surface area contributed by atoms with E-state index in [9.17, 15) is 4.79 Å². The molecule has 0 aliphatic carbocycles. The highest BCUT2D eigenvalue weighted by Gasteiger charge is 2.17. The van der Waals surface area contributed by atoms with Crippen molar-refractivity contribution in [3.8, 4) is 0 Å². The van der Waals surface area contributed by atoms with E-state index in [2.05, 4.69) is 48.5 Å². The maximum absolute atomic E-state index is 12.1.